The highest BCUT2D eigenvalue weighted by Gasteiger charge is 2.17. The summed E-state index contributed by atoms with van der Waals surface area (Å²) in [5.41, 5.74) is -0.854. The number of nitriles is 1. The summed E-state index contributed by atoms with van der Waals surface area (Å²) in [7, 11) is 0. The van der Waals surface area contributed by atoms with Gasteiger partial charge in [0.2, 0.25) is 11.0 Å². The van der Waals surface area contributed by atoms with E-state index >= 15 is 0 Å². The van der Waals surface area contributed by atoms with Gasteiger partial charge in [-0.05, 0) is 6.42 Å². The van der Waals surface area contributed by atoms with Crippen LogP contribution in [0, 0.1) is 11.3 Å². The monoisotopic (exact) mass is 394 g/mol. The number of thiophene rings is 1. The maximum atomic E-state index is 12.0. The number of aromatic amines is 2. The van der Waals surface area contributed by atoms with Crippen molar-refractivity contribution in [2.24, 2.45) is 0 Å². The number of anilines is 1. The Kier molecular flexibility index (Phi) is 4.98. The molecule has 0 spiro atoms. The molecule has 0 bridgehead atoms. The van der Waals surface area contributed by atoms with Crippen molar-refractivity contribution < 1.29 is 4.79 Å². The summed E-state index contributed by atoms with van der Waals surface area (Å²) < 4.78 is 0.738. The summed E-state index contributed by atoms with van der Waals surface area (Å²) in [5.74, 6) is -0.266. The molecule has 0 aromatic carbocycles. The van der Waals surface area contributed by atoms with Crippen molar-refractivity contribution in [1.82, 2.24) is 20.2 Å². The van der Waals surface area contributed by atoms with Crippen molar-refractivity contribution in [3.63, 3.8) is 0 Å². The number of carbonyl (C=O) groups is 1. The van der Waals surface area contributed by atoms with Crippen LogP contribution in [0.2, 0.25) is 0 Å². The summed E-state index contributed by atoms with van der Waals surface area (Å²) in [6, 6.07) is 1.97. The molecule has 3 aromatic rings. The van der Waals surface area contributed by atoms with Crippen LogP contribution in [0.3, 0.4) is 0 Å². The van der Waals surface area contributed by atoms with E-state index < -0.39 is 11.2 Å². The zero-order valence-corrected chi connectivity index (χ0v) is 15.2. The Bertz CT molecular complexity index is 1100. The number of carbonyl (C=O) groups excluding carboxylic acids is 1. The molecule has 12 heteroatoms. The van der Waals surface area contributed by atoms with Crippen LogP contribution in [0.5, 0.6) is 0 Å². The molecule has 0 aliphatic rings. The van der Waals surface area contributed by atoms with Crippen LogP contribution in [0.4, 0.5) is 5.13 Å². The second-order valence-electron chi connectivity index (χ2n) is 4.68. The molecule has 1 amide bonds. The van der Waals surface area contributed by atoms with Crippen LogP contribution in [0.15, 0.2) is 13.8 Å². The van der Waals surface area contributed by atoms with E-state index in [0.717, 1.165) is 34.5 Å². The molecule has 0 fully saturated rings. The Morgan fingerprint density at radius 1 is 1.32 bits per heavy atom. The molecule has 0 saturated carbocycles. The first kappa shape index (κ1) is 17.3. The highest BCUT2D eigenvalue weighted by Crippen LogP contribution is 2.34. The molecular formula is C13H10N6O3S3. The minimum Gasteiger partial charge on any atom is -0.305 e. The minimum absolute atomic E-state index is 0.0324. The zero-order chi connectivity index (χ0) is 18.0. The van der Waals surface area contributed by atoms with Crippen molar-refractivity contribution in [2.75, 3.05) is 11.1 Å². The third-order valence-electron chi connectivity index (χ3n) is 3.01. The molecule has 0 unspecified atom stereocenters. The Balaban J connectivity index is 1.78. The molecule has 25 heavy (non-hydrogen) atoms. The maximum absolute atomic E-state index is 12.0. The third kappa shape index (κ3) is 3.63. The molecule has 3 heterocycles. The zero-order valence-electron chi connectivity index (χ0n) is 12.7. The lowest BCUT2D eigenvalue weighted by Crippen LogP contribution is -2.20. The quantitative estimate of drug-likeness (QED) is 0.553. The van der Waals surface area contributed by atoms with Gasteiger partial charge in [-0.3, -0.25) is 19.9 Å². The Morgan fingerprint density at radius 2 is 2.12 bits per heavy atom. The lowest BCUT2D eigenvalue weighted by atomic mass is 10.3. The van der Waals surface area contributed by atoms with Crippen molar-refractivity contribution in [3.8, 4) is 6.07 Å². The molecule has 9 nitrogen and oxygen atoms in total. The van der Waals surface area contributed by atoms with Crippen LogP contribution in [0.1, 0.15) is 17.5 Å². The highest BCUT2D eigenvalue weighted by molar-refractivity contribution is 8.02. The molecule has 3 N–H and O–H groups in total. The van der Waals surface area contributed by atoms with Gasteiger partial charge in [0, 0.05) is 0 Å². The molecule has 0 saturated heterocycles. The smallest absolute Gasteiger partial charge is 0.305 e. The Hall–Kier alpha value is -2.49. The van der Waals surface area contributed by atoms with Crippen molar-refractivity contribution in [3.05, 3.63) is 31.4 Å². The van der Waals surface area contributed by atoms with Gasteiger partial charge in [-0.15, -0.1) is 33.3 Å². The van der Waals surface area contributed by atoms with Gasteiger partial charge in [0.15, 0.2) is 0 Å². The van der Waals surface area contributed by atoms with Crippen LogP contribution in [-0.4, -0.2) is 31.8 Å². The topological polar surface area (TPSA) is 144 Å². The molecule has 0 atom stereocenters. The average Bonchev–Trinajstić information content (AvgIpc) is 3.16. The normalized spacial score (nSPS) is 10.7. The number of fused-ring (bicyclic) bond motifs is 1. The summed E-state index contributed by atoms with van der Waals surface area (Å²) in [4.78, 5) is 39.8. The number of nitrogens with one attached hydrogen (secondary N) is 3. The van der Waals surface area contributed by atoms with Gasteiger partial charge in [0.25, 0.3) is 5.56 Å². The highest BCUT2D eigenvalue weighted by atomic mass is 32.2. The van der Waals surface area contributed by atoms with Gasteiger partial charge in [0.05, 0.1) is 15.5 Å². The van der Waals surface area contributed by atoms with E-state index in [1.54, 1.807) is 0 Å². The molecule has 3 aromatic heterocycles. The maximum Gasteiger partial charge on any atom is 0.326 e. The first-order valence-corrected chi connectivity index (χ1v) is 9.58. The van der Waals surface area contributed by atoms with Gasteiger partial charge in [0.1, 0.15) is 21.3 Å². The third-order valence-corrected chi connectivity index (χ3v) is 6.45. The number of rotatable bonds is 5. The Labute approximate surface area is 152 Å². The van der Waals surface area contributed by atoms with E-state index in [0.29, 0.717) is 9.34 Å². The SMILES string of the molecule is CCc1nnc(NC(=O)CSc2sc3c(=O)[nH]c(=O)[nH]c3c2C#N)s1. The number of amides is 1. The van der Waals surface area contributed by atoms with Crippen LogP contribution < -0.4 is 16.6 Å². The molecule has 0 radical (unpaired) electrons. The van der Waals surface area contributed by atoms with Gasteiger partial charge >= 0.3 is 5.69 Å². The first-order chi connectivity index (χ1) is 12.0. The minimum atomic E-state index is -0.677. The van der Waals surface area contributed by atoms with E-state index in [4.69, 9.17) is 0 Å². The van der Waals surface area contributed by atoms with Crippen molar-refractivity contribution in [1.29, 1.82) is 5.26 Å². The van der Waals surface area contributed by atoms with Crippen LogP contribution in [0.25, 0.3) is 10.2 Å². The predicted octanol–water partition coefficient (Wildman–Crippen LogP) is 1.29. The Morgan fingerprint density at radius 3 is 2.80 bits per heavy atom. The van der Waals surface area contributed by atoms with E-state index in [2.05, 4.69) is 25.5 Å². The number of aromatic nitrogens is 4. The van der Waals surface area contributed by atoms with Gasteiger partial charge in [-0.2, -0.15) is 5.26 Å². The van der Waals surface area contributed by atoms with Crippen molar-refractivity contribution in [2.45, 2.75) is 17.6 Å². The first-order valence-electron chi connectivity index (χ1n) is 6.96. The largest absolute Gasteiger partial charge is 0.326 e. The molecule has 0 aliphatic carbocycles. The number of thioether (sulfide) groups is 1. The fourth-order valence-electron chi connectivity index (χ4n) is 1.93. The van der Waals surface area contributed by atoms with Crippen molar-refractivity contribution >= 4 is 55.7 Å². The molecule has 3 rings (SSSR count). The van der Waals surface area contributed by atoms with Crippen LogP contribution in [-0.2, 0) is 11.2 Å². The molecule has 128 valence electrons. The fourth-order valence-corrected chi connectivity index (χ4v) is 4.75. The lowest BCUT2D eigenvalue weighted by Gasteiger charge is -2.00. The van der Waals surface area contributed by atoms with E-state index in [1.165, 1.54) is 11.3 Å². The summed E-state index contributed by atoms with van der Waals surface area (Å²) in [5, 5.41) is 21.0. The van der Waals surface area contributed by atoms with Gasteiger partial charge in [-0.1, -0.05) is 18.3 Å². The average molecular weight is 394 g/mol. The van der Waals surface area contributed by atoms with E-state index in [1.807, 2.05) is 13.0 Å². The number of aryl methyl sites for hydroxylation is 1. The second kappa shape index (κ2) is 7.18. The number of H-pyrrole nitrogens is 2. The van der Waals surface area contributed by atoms with E-state index in [-0.39, 0.29) is 27.4 Å². The number of nitrogens with zero attached hydrogens (tertiary/aromatic N) is 3. The number of hydrogen-bond acceptors (Lipinski definition) is 9. The van der Waals surface area contributed by atoms with Crippen LogP contribution >= 0.6 is 34.4 Å². The molecule has 0 aliphatic heterocycles. The predicted molar refractivity (Wildman–Crippen MR) is 96.4 cm³/mol. The lowest BCUT2D eigenvalue weighted by molar-refractivity contribution is -0.113. The van der Waals surface area contributed by atoms with Gasteiger partial charge < -0.3 is 4.98 Å². The summed E-state index contributed by atoms with van der Waals surface area (Å²) in [6.45, 7) is 1.94. The molecular weight excluding hydrogens is 384 g/mol. The fraction of sp³-hybridized carbons (Fsp3) is 0.231. The second-order valence-corrected chi connectivity index (χ2v) is 8.01. The number of hydrogen-bond donors (Lipinski definition) is 3. The summed E-state index contributed by atoms with van der Waals surface area (Å²) in [6.07, 6.45) is 0.738. The standard InChI is InChI=1S/C13H10N6O3S3/c1-2-7-18-19-13(24-7)15-6(20)4-23-11-5(3-14)8-9(25-11)10(21)17-12(22)16-8/h2,4H2,1H3,(H,15,19,20)(H2,16,17,21,22). The summed E-state index contributed by atoms with van der Waals surface area (Å²) >= 11 is 3.48. The van der Waals surface area contributed by atoms with Gasteiger partial charge in [-0.25, -0.2) is 4.79 Å². The van der Waals surface area contributed by atoms with E-state index in [9.17, 15) is 19.6 Å².